The van der Waals surface area contributed by atoms with Crippen molar-refractivity contribution in [2.75, 3.05) is 11.9 Å². The monoisotopic (exact) mass is 496 g/mol. The van der Waals surface area contributed by atoms with E-state index < -0.39 is 29.3 Å². The lowest BCUT2D eigenvalue weighted by Gasteiger charge is -2.19. The minimum absolute atomic E-state index is 0.00664. The predicted molar refractivity (Wildman–Crippen MR) is 133 cm³/mol. The molecule has 8 heteroatoms. The summed E-state index contributed by atoms with van der Waals surface area (Å²) in [5.41, 5.74) is 0.862. The Hall–Kier alpha value is -3.94. The Morgan fingerprint density at radius 2 is 1.47 bits per heavy atom. The van der Waals surface area contributed by atoms with Crippen molar-refractivity contribution in [3.8, 4) is 11.1 Å². The molecule has 0 aromatic heterocycles. The number of hydrogen-bond donors (Lipinski definition) is 2. The summed E-state index contributed by atoms with van der Waals surface area (Å²) >= 11 is 0. The maximum absolute atomic E-state index is 14.7. The highest BCUT2D eigenvalue weighted by atomic mass is 19.2. The fourth-order valence-electron chi connectivity index (χ4n) is 3.49. The Morgan fingerprint density at radius 1 is 0.778 bits per heavy atom. The first kappa shape index (κ1) is 26.7. The number of ketones is 1. The van der Waals surface area contributed by atoms with Gasteiger partial charge in [-0.1, -0.05) is 26.8 Å². The summed E-state index contributed by atoms with van der Waals surface area (Å²) < 4.78 is 41.7. The Balaban J connectivity index is 2.12. The topological polar surface area (TPSA) is 75.3 Å². The summed E-state index contributed by atoms with van der Waals surface area (Å²) in [6.45, 7) is 9.06. The van der Waals surface area contributed by atoms with Gasteiger partial charge in [-0.05, 0) is 72.4 Å². The third kappa shape index (κ3) is 6.19. The van der Waals surface area contributed by atoms with Crippen molar-refractivity contribution in [1.29, 1.82) is 0 Å². The van der Waals surface area contributed by atoms with E-state index in [-0.39, 0.29) is 50.3 Å². The summed E-state index contributed by atoms with van der Waals surface area (Å²) in [4.78, 5) is 38.0. The lowest BCUT2D eigenvalue weighted by Crippen LogP contribution is -2.32. The van der Waals surface area contributed by atoms with E-state index in [0.717, 1.165) is 18.2 Å². The Labute approximate surface area is 207 Å². The minimum Gasteiger partial charge on any atom is -0.352 e. The third-order valence-electron chi connectivity index (χ3n) is 5.52. The smallest absolute Gasteiger partial charge is 0.256 e. The average molecular weight is 497 g/mol. The van der Waals surface area contributed by atoms with Crippen LogP contribution in [0.1, 0.15) is 64.3 Å². The number of amides is 2. The van der Waals surface area contributed by atoms with E-state index in [1.54, 1.807) is 0 Å². The first-order valence-electron chi connectivity index (χ1n) is 11.3. The number of hydrogen-bond acceptors (Lipinski definition) is 3. The fourth-order valence-corrected chi connectivity index (χ4v) is 3.49. The molecule has 0 aliphatic heterocycles. The molecule has 0 atom stereocenters. The van der Waals surface area contributed by atoms with Crippen LogP contribution < -0.4 is 10.6 Å². The van der Waals surface area contributed by atoms with Crippen LogP contribution in [0, 0.1) is 29.8 Å². The molecule has 36 heavy (non-hydrogen) atoms. The van der Waals surface area contributed by atoms with E-state index in [0.29, 0.717) is 6.54 Å². The maximum Gasteiger partial charge on any atom is 0.256 e. The largest absolute Gasteiger partial charge is 0.352 e. The van der Waals surface area contributed by atoms with Crippen molar-refractivity contribution in [3.05, 3.63) is 88.2 Å². The first-order valence-corrected chi connectivity index (χ1v) is 11.3. The number of halogens is 3. The lowest BCUT2D eigenvalue weighted by molar-refractivity contribution is 0.0938. The molecule has 0 radical (unpaired) electrons. The molecule has 3 aromatic rings. The number of Topliss-reactive ketones (excluding diaryl/α,β-unsaturated/α-hetero) is 1. The van der Waals surface area contributed by atoms with Crippen LogP contribution in [-0.4, -0.2) is 24.1 Å². The second kappa shape index (κ2) is 10.4. The minimum atomic E-state index is -1.14. The highest BCUT2D eigenvalue weighted by Crippen LogP contribution is 2.31. The van der Waals surface area contributed by atoms with Gasteiger partial charge in [-0.25, -0.2) is 13.2 Å². The van der Waals surface area contributed by atoms with Crippen LogP contribution in [0.5, 0.6) is 0 Å². The van der Waals surface area contributed by atoms with E-state index in [9.17, 15) is 27.6 Å². The zero-order valence-electron chi connectivity index (χ0n) is 20.7. The van der Waals surface area contributed by atoms with Gasteiger partial charge in [0.05, 0.1) is 0 Å². The number of carbonyl (C=O) groups is 3. The Bertz CT molecular complexity index is 1360. The fraction of sp³-hybridized carbons (Fsp3) is 0.250. The molecule has 0 aliphatic rings. The standard InChI is InChI=1S/C28H27F3N2O3/c1-15-21(11-18(16(2)34)12-24(15)30)20-8-6-17(26(35)32-14-28(3,4)5)10-22(20)27(36)33-19-7-9-23(29)25(31)13-19/h6-13H,14H2,1-5H3,(H,32,35)(H,33,36). The molecule has 0 bridgehead atoms. The highest BCUT2D eigenvalue weighted by molar-refractivity contribution is 6.11. The van der Waals surface area contributed by atoms with Crippen LogP contribution in [0.25, 0.3) is 11.1 Å². The molecular formula is C28H27F3N2O3. The number of benzene rings is 3. The van der Waals surface area contributed by atoms with E-state index in [1.807, 2.05) is 20.8 Å². The molecule has 3 rings (SSSR count). The van der Waals surface area contributed by atoms with Gasteiger partial charge in [-0.2, -0.15) is 0 Å². The molecule has 2 N–H and O–H groups in total. The first-order chi connectivity index (χ1) is 16.8. The Kier molecular flexibility index (Phi) is 7.67. The lowest BCUT2D eigenvalue weighted by atomic mass is 9.91. The normalized spacial score (nSPS) is 11.2. The van der Waals surface area contributed by atoms with Crippen molar-refractivity contribution in [1.82, 2.24) is 5.32 Å². The van der Waals surface area contributed by atoms with Crippen molar-refractivity contribution >= 4 is 23.3 Å². The maximum atomic E-state index is 14.7. The molecule has 0 fully saturated rings. The van der Waals surface area contributed by atoms with E-state index in [2.05, 4.69) is 10.6 Å². The van der Waals surface area contributed by atoms with Crippen LogP contribution in [0.3, 0.4) is 0 Å². The third-order valence-corrected chi connectivity index (χ3v) is 5.52. The molecule has 0 aliphatic carbocycles. The van der Waals surface area contributed by atoms with Gasteiger partial charge >= 0.3 is 0 Å². The SMILES string of the molecule is CC(=O)c1cc(F)c(C)c(-c2ccc(C(=O)NCC(C)(C)C)cc2C(=O)Nc2ccc(F)c(F)c2)c1. The highest BCUT2D eigenvalue weighted by Gasteiger charge is 2.21. The van der Waals surface area contributed by atoms with Gasteiger partial charge in [0.1, 0.15) is 5.82 Å². The molecule has 5 nitrogen and oxygen atoms in total. The number of anilines is 1. The van der Waals surface area contributed by atoms with Gasteiger partial charge in [-0.3, -0.25) is 14.4 Å². The molecular weight excluding hydrogens is 469 g/mol. The molecule has 0 saturated carbocycles. The molecule has 0 saturated heterocycles. The van der Waals surface area contributed by atoms with Gasteiger partial charge in [0.15, 0.2) is 17.4 Å². The van der Waals surface area contributed by atoms with Crippen molar-refractivity contribution < 1.29 is 27.6 Å². The predicted octanol–water partition coefficient (Wildman–Crippen LogP) is 6.31. The summed E-state index contributed by atoms with van der Waals surface area (Å²) in [7, 11) is 0. The summed E-state index contributed by atoms with van der Waals surface area (Å²) in [6.07, 6.45) is 0. The van der Waals surface area contributed by atoms with Crippen LogP contribution in [0.4, 0.5) is 18.9 Å². The average Bonchev–Trinajstić information content (AvgIpc) is 2.80. The summed E-state index contributed by atoms with van der Waals surface area (Å²) in [6, 6.07) is 9.83. The zero-order valence-corrected chi connectivity index (χ0v) is 20.7. The Morgan fingerprint density at radius 3 is 2.08 bits per heavy atom. The van der Waals surface area contributed by atoms with Gasteiger partial charge in [0.2, 0.25) is 0 Å². The van der Waals surface area contributed by atoms with Crippen molar-refractivity contribution in [3.63, 3.8) is 0 Å². The van der Waals surface area contributed by atoms with Gasteiger partial charge in [0.25, 0.3) is 11.8 Å². The van der Waals surface area contributed by atoms with Crippen molar-refractivity contribution in [2.24, 2.45) is 5.41 Å². The van der Waals surface area contributed by atoms with Gasteiger partial charge in [-0.15, -0.1) is 0 Å². The summed E-state index contributed by atoms with van der Waals surface area (Å²) in [5.74, 6) is -4.35. The number of nitrogens with one attached hydrogen (secondary N) is 2. The van der Waals surface area contributed by atoms with Crippen LogP contribution in [-0.2, 0) is 0 Å². The van der Waals surface area contributed by atoms with Crippen molar-refractivity contribution in [2.45, 2.75) is 34.6 Å². The zero-order chi connectivity index (χ0) is 26.8. The van der Waals surface area contributed by atoms with Crippen LogP contribution >= 0.6 is 0 Å². The van der Waals surface area contributed by atoms with Gasteiger partial charge in [0, 0.05) is 35.0 Å². The number of carbonyl (C=O) groups excluding carboxylic acids is 3. The quantitative estimate of drug-likeness (QED) is 0.393. The van der Waals surface area contributed by atoms with E-state index >= 15 is 0 Å². The molecule has 3 aromatic carbocycles. The van der Waals surface area contributed by atoms with Gasteiger partial charge < -0.3 is 10.6 Å². The summed E-state index contributed by atoms with van der Waals surface area (Å²) in [5, 5.41) is 5.30. The van der Waals surface area contributed by atoms with E-state index in [4.69, 9.17) is 0 Å². The molecule has 0 heterocycles. The number of rotatable bonds is 6. The molecule has 2 amide bonds. The molecule has 188 valence electrons. The van der Waals surface area contributed by atoms with Crippen LogP contribution in [0.2, 0.25) is 0 Å². The van der Waals surface area contributed by atoms with Crippen LogP contribution in [0.15, 0.2) is 48.5 Å². The van der Waals surface area contributed by atoms with E-state index in [1.165, 1.54) is 44.2 Å². The second-order valence-corrected chi connectivity index (χ2v) is 9.77. The molecule has 0 unspecified atom stereocenters. The molecule has 0 spiro atoms. The second-order valence-electron chi connectivity index (χ2n) is 9.77.